The highest BCUT2D eigenvalue weighted by Crippen LogP contribution is 2.33. The monoisotopic (exact) mass is 326 g/mol. The van der Waals surface area contributed by atoms with E-state index in [1.54, 1.807) is 0 Å². The van der Waals surface area contributed by atoms with Crippen molar-refractivity contribution in [2.24, 2.45) is 0 Å². The average Bonchev–Trinajstić information content (AvgIpc) is 2.80. The molecule has 2 heterocycles. The van der Waals surface area contributed by atoms with Crippen LogP contribution in [0.25, 0.3) is 10.2 Å². The number of hydrogen-bond donors (Lipinski definition) is 3. The number of H-pyrrole nitrogens is 1. The van der Waals surface area contributed by atoms with Crippen LogP contribution in [0.1, 0.15) is 29.3 Å². The average molecular weight is 326 g/mol. The lowest BCUT2D eigenvalue weighted by atomic mass is 9.97. The Hall–Kier alpha value is -1.51. The van der Waals surface area contributed by atoms with E-state index in [1.807, 2.05) is 0 Å². The predicted molar refractivity (Wildman–Crippen MR) is 81.7 cm³/mol. The molecule has 0 unspecified atom stereocenters. The zero-order valence-corrected chi connectivity index (χ0v) is 12.7. The van der Waals surface area contributed by atoms with Crippen LogP contribution in [-0.2, 0) is 17.6 Å². The number of carboxylic acid groups (broad SMARTS) is 1. The molecule has 1 aliphatic rings. The van der Waals surface area contributed by atoms with Crippen molar-refractivity contribution in [3.05, 3.63) is 25.6 Å². The molecule has 6 nitrogen and oxygen atoms in total. The smallest absolute Gasteiger partial charge is 0.329 e. The number of rotatable bonds is 3. The fourth-order valence-electron chi connectivity index (χ4n) is 2.80. The Kier molecular flexibility index (Phi) is 3.68. The number of aliphatic hydroxyl groups is 1. The highest BCUT2D eigenvalue weighted by Gasteiger charge is 2.25. The number of carboxylic acids is 1. The van der Waals surface area contributed by atoms with Crippen molar-refractivity contribution in [2.45, 2.75) is 31.7 Å². The molecule has 0 bridgehead atoms. The zero-order valence-electron chi connectivity index (χ0n) is 11.1. The molecule has 8 heteroatoms. The van der Waals surface area contributed by atoms with Crippen molar-refractivity contribution >= 4 is 39.7 Å². The normalized spacial score (nSPS) is 15.9. The van der Waals surface area contributed by atoms with E-state index >= 15 is 0 Å². The third-order valence-electron chi connectivity index (χ3n) is 3.81. The van der Waals surface area contributed by atoms with Crippen molar-refractivity contribution in [3.8, 4) is 0 Å². The third-order valence-corrected chi connectivity index (χ3v) is 5.32. The van der Waals surface area contributed by atoms with Crippen LogP contribution in [0.4, 0.5) is 0 Å². The largest absolute Gasteiger partial charge is 0.480 e. The summed E-state index contributed by atoms with van der Waals surface area (Å²) < 4.78 is 1.01. The lowest BCUT2D eigenvalue weighted by Crippen LogP contribution is -2.33. The molecule has 3 rings (SSSR count). The molecule has 0 saturated heterocycles. The number of aliphatic carboxylic acids is 1. The van der Waals surface area contributed by atoms with Gasteiger partial charge in [-0.15, -0.1) is 11.3 Å². The maximum absolute atomic E-state index is 12.7. The summed E-state index contributed by atoms with van der Waals surface area (Å²) in [4.78, 5) is 28.7. The van der Waals surface area contributed by atoms with E-state index in [1.165, 1.54) is 16.2 Å². The minimum absolute atomic E-state index is 0.0348. The Morgan fingerprint density at radius 2 is 2.14 bits per heavy atom. The van der Waals surface area contributed by atoms with Gasteiger partial charge in [0, 0.05) is 4.88 Å². The standard InChI is InChI=1S/C13H14N2O4S2/c16-5-7(12(18)19)15-11(17)9-6-3-1-2-4-8(6)21-10(9)14-13(15)20/h7,16H,1-5H2,(H,14,20)(H,18,19)/t7-/m0/s1. The van der Waals surface area contributed by atoms with E-state index in [2.05, 4.69) is 4.98 Å². The number of nitrogens with one attached hydrogen (secondary N) is 1. The summed E-state index contributed by atoms with van der Waals surface area (Å²) in [6.07, 6.45) is 3.89. The van der Waals surface area contributed by atoms with Crippen LogP contribution in [0.3, 0.4) is 0 Å². The number of carbonyl (C=O) groups is 1. The number of aryl methyl sites for hydroxylation is 2. The van der Waals surface area contributed by atoms with Gasteiger partial charge < -0.3 is 15.2 Å². The van der Waals surface area contributed by atoms with Gasteiger partial charge in [-0.3, -0.25) is 9.36 Å². The highest BCUT2D eigenvalue weighted by molar-refractivity contribution is 7.71. The number of thiophene rings is 1. The fourth-order valence-corrected chi connectivity index (χ4v) is 4.46. The van der Waals surface area contributed by atoms with Crippen LogP contribution in [0.15, 0.2) is 4.79 Å². The molecule has 2 aromatic rings. The molecule has 2 aromatic heterocycles. The summed E-state index contributed by atoms with van der Waals surface area (Å²) in [6.45, 7) is -0.676. The third kappa shape index (κ3) is 2.23. The van der Waals surface area contributed by atoms with E-state index in [0.717, 1.165) is 35.8 Å². The number of aromatic amines is 1. The molecule has 0 amide bonds. The first-order valence-electron chi connectivity index (χ1n) is 6.67. The lowest BCUT2D eigenvalue weighted by molar-refractivity contribution is -0.142. The molecule has 0 radical (unpaired) electrons. The highest BCUT2D eigenvalue weighted by atomic mass is 32.1. The van der Waals surface area contributed by atoms with Crippen LogP contribution in [0, 0.1) is 4.77 Å². The molecular formula is C13H14N2O4S2. The number of hydrogen-bond acceptors (Lipinski definition) is 5. The molecule has 0 aliphatic heterocycles. The number of fused-ring (bicyclic) bond motifs is 3. The lowest BCUT2D eigenvalue weighted by Gasteiger charge is -2.14. The van der Waals surface area contributed by atoms with E-state index in [-0.39, 0.29) is 4.77 Å². The summed E-state index contributed by atoms with van der Waals surface area (Å²) in [5.74, 6) is -1.28. The Morgan fingerprint density at radius 1 is 1.43 bits per heavy atom. The Bertz CT molecular complexity index is 833. The van der Waals surface area contributed by atoms with Crippen LogP contribution in [-0.4, -0.2) is 32.3 Å². The number of aliphatic hydroxyl groups excluding tert-OH is 1. The minimum atomic E-state index is -1.36. The summed E-state index contributed by atoms with van der Waals surface area (Å²) in [5, 5.41) is 19.0. The van der Waals surface area contributed by atoms with Gasteiger partial charge in [0.25, 0.3) is 5.56 Å². The van der Waals surface area contributed by atoms with E-state index in [0.29, 0.717) is 10.2 Å². The van der Waals surface area contributed by atoms with E-state index < -0.39 is 24.2 Å². The molecule has 3 N–H and O–H groups in total. The molecular weight excluding hydrogens is 312 g/mol. The first-order chi connectivity index (χ1) is 10.0. The second-order valence-electron chi connectivity index (χ2n) is 5.06. The quantitative estimate of drug-likeness (QED) is 0.745. The van der Waals surface area contributed by atoms with E-state index in [4.69, 9.17) is 17.3 Å². The minimum Gasteiger partial charge on any atom is -0.480 e. The van der Waals surface area contributed by atoms with Gasteiger partial charge in [-0.05, 0) is 43.5 Å². The first kappa shape index (κ1) is 14.4. The number of nitrogens with zero attached hydrogens (tertiary/aromatic N) is 1. The maximum Gasteiger partial charge on any atom is 0.329 e. The van der Waals surface area contributed by atoms with Crippen molar-refractivity contribution in [2.75, 3.05) is 6.61 Å². The Balaban J connectivity index is 2.35. The summed E-state index contributed by atoms with van der Waals surface area (Å²) in [5.41, 5.74) is 0.586. The van der Waals surface area contributed by atoms with Crippen molar-refractivity contribution in [3.63, 3.8) is 0 Å². The predicted octanol–water partition coefficient (Wildman–Crippen LogP) is 1.62. The first-order valence-corrected chi connectivity index (χ1v) is 7.89. The molecule has 1 aliphatic carbocycles. The molecule has 21 heavy (non-hydrogen) atoms. The molecule has 112 valence electrons. The SMILES string of the molecule is O=C(O)[C@H](CO)n1c(=S)[nH]c2sc3c(c2c1=O)CCCC3. The van der Waals surface area contributed by atoms with Gasteiger partial charge in [-0.1, -0.05) is 0 Å². The fraction of sp³-hybridized carbons (Fsp3) is 0.462. The van der Waals surface area contributed by atoms with Crippen molar-refractivity contribution in [1.29, 1.82) is 0 Å². The maximum atomic E-state index is 12.7. The van der Waals surface area contributed by atoms with Gasteiger partial charge in [-0.25, -0.2) is 4.79 Å². The second kappa shape index (κ2) is 5.36. The molecule has 0 saturated carbocycles. The van der Waals surface area contributed by atoms with Crippen LogP contribution in [0.2, 0.25) is 0 Å². The van der Waals surface area contributed by atoms with Crippen molar-refractivity contribution < 1.29 is 15.0 Å². The zero-order chi connectivity index (χ0) is 15.1. The van der Waals surface area contributed by atoms with Crippen molar-refractivity contribution in [1.82, 2.24) is 9.55 Å². The molecule has 1 atom stereocenters. The second-order valence-corrected chi connectivity index (χ2v) is 6.55. The summed E-state index contributed by atoms with van der Waals surface area (Å²) in [6, 6.07) is -1.36. The topological polar surface area (TPSA) is 95.3 Å². The summed E-state index contributed by atoms with van der Waals surface area (Å²) >= 11 is 6.63. The summed E-state index contributed by atoms with van der Waals surface area (Å²) in [7, 11) is 0. The van der Waals surface area contributed by atoms with Gasteiger partial charge in [0.2, 0.25) is 0 Å². The Morgan fingerprint density at radius 3 is 2.81 bits per heavy atom. The molecule has 0 spiro atoms. The van der Waals surface area contributed by atoms with Gasteiger partial charge in [0.15, 0.2) is 10.8 Å². The Labute approximate surface area is 128 Å². The van der Waals surface area contributed by atoms with Gasteiger partial charge in [0.05, 0.1) is 12.0 Å². The number of aromatic nitrogens is 2. The van der Waals surface area contributed by atoms with Gasteiger partial charge in [0.1, 0.15) is 4.83 Å². The molecule has 0 fully saturated rings. The molecule has 0 aromatic carbocycles. The van der Waals surface area contributed by atoms with Gasteiger partial charge >= 0.3 is 5.97 Å². The van der Waals surface area contributed by atoms with Crippen LogP contribution >= 0.6 is 23.6 Å². The van der Waals surface area contributed by atoms with Gasteiger partial charge in [-0.2, -0.15) is 0 Å². The van der Waals surface area contributed by atoms with E-state index in [9.17, 15) is 14.7 Å². The van der Waals surface area contributed by atoms with Crippen LogP contribution in [0.5, 0.6) is 0 Å². The van der Waals surface area contributed by atoms with Crippen LogP contribution < -0.4 is 5.56 Å².